The molecule has 1 heterocycles. The van der Waals surface area contributed by atoms with Crippen LogP contribution in [0.4, 0.5) is 4.39 Å². The second kappa shape index (κ2) is 8.07. The highest BCUT2D eigenvalue weighted by Crippen LogP contribution is 2.17. The number of rotatable bonds is 6. The molecule has 1 amide bonds. The first kappa shape index (κ1) is 18.9. The third-order valence-corrected chi connectivity index (χ3v) is 5.58. The molecule has 7 heteroatoms. The fraction of sp³-hybridized carbons (Fsp3) is 0.588. The zero-order chi connectivity index (χ0) is 17.7. The quantitative estimate of drug-likeness (QED) is 0.785. The minimum atomic E-state index is -3.44. The lowest BCUT2D eigenvalue weighted by atomic mass is 10.00. The highest BCUT2D eigenvalue weighted by molar-refractivity contribution is 7.88. The maximum Gasteiger partial charge on any atom is 0.223 e. The van der Waals surface area contributed by atoms with Crippen molar-refractivity contribution in [3.8, 4) is 0 Å². The molecule has 0 saturated carbocycles. The van der Waals surface area contributed by atoms with Gasteiger partial charge in [0.1, 0.15) is 5.82 Å². The second-order valence-electron chi connectivity index (χ2n) is 6.56. The second-order valence-corrected chi connectivity index (χ2v) is 8.54. The molecule has 1 atom stereocenters. The summed E-state index contributed by atoms with van der Waals surface area (Å²) in [7, 11) is -3.44. The van der Waals surface area contributed by atoms with E-state index in [1.54, 1.807) is 12.1 Å². The molecule has 1 aromatic rings. The van der Waals surface area contributed by atoms with Crippen LogP contribution in [0.1, 0.15) is 31.7 Å². The summed E-state index contributed by atoms with van der Waals surface area (Å²) >= 11 is 0. The summed E-state index contributed by atoms with van der Waals surface area (Å²) in [6.45, 7) is 3.90. The minimum Gasteiger partial charge on any atom is -0.342 e. The van der Waals surface area contributed by atoms with E-state index in [-0.39, 0.29) is 31.2 Å². The van der Waals surface area contributed by atoms with Crippen LogP contribution in [-0.2, 0) is 21.4 Å². The lowest BCUT2D eigenvalue weighted by Crippen LogP contribution is -2.41. The summed E-state index contributed by atoms with van der Waals surface area (Å²) in [5.41, 5.74) is 0.695. The first-order valence-electron chi connectivity index (χ1n) is 8.23. The number of halogens is 1. The normalized spacial score (nSPS) is 18.8. The number of hydrogen-bond donors (Lipinski definition) is 0. The maximum atomic E-state index is 13.0. The van der Waals surface area contributed by atoms with Gasteiger partial charge < -0.3 is 4.90 Å². The number of piperidine rings is 1. The molecule has 1 aliphatic heterocycles. The van der Waals surface area contributed by atoms with Gasteiger partial charge in [0, 0.05) is 32.6 Å². The largest absolute Gasteiger partial charge is 0.342 e. The van der Waals surface area contributed by atoms with Gasteiger partial charge in [0.2, 0.25) is 15.9 Å². The standard InChI is InChI=1S/C17H25FN2O3S/c1-14-4-3-10-19(12-14)17(21)9-11-20(24(2,22)23)13-15-5-7-16(18)8-6-15/h5-8,14H,3-4,9-13H2,1-2H3. The molecule has 1 fully saturated rings. The molecule has 0 aromatic heterocycles. The van der Waals surface area contributed by atoms with Crippen molar-refractivity contribution in [2.24, 2.45) is 5.92 Å². The number of benzene rings is 1. The highest BCUT2D eigenvalue weighted by atomic mass is 32.2. The van der Waals surface area contributed by atoms with Crippen molar-refractivity contribution in [3.05, 3.63) is 35.6 Å². The maximum absolute atomic E-state index is 13.0. The SMILES string of the molecule is CC1CCCN(C(=O)CCN(Cc2ccc(F)cc2)S(C)(=O)=O)C1. The molecule has 134 valence electrons. The molecular formula is C17H25FN2O3S. The summed E-state index contributed by atoms with van der Waals surface area (Å²) in [6, 6.07) is 5.72. The molecule has 1 saturated heterocycles. The van der Waals surface area contributed by atoms with Gasteiger partial charge in [0.05, 0.1) is 6.26 Å². The van der Waals surface area contributed by atoms with E-state index in [0.29, 0.717) is 11.5 Å². The van der Waals surface area contributed by atoms with Crippen LogP contribution in [0.5, 0.6) is 0 Å². The first-order chi connectivity index (χ1) is 11.3. The number of carbonyl (C=O) groups is 1. The molecule has 0 aliphatic carbocycles. The zero-order valence-corrected chi connectivity index (χ0v) is 15.1. The Morgan fingerprint density at radius 1 is 1.33 bits per heavy atom. The van der Waals surface area contributed by atoms with E-state index in [0.717, 1.165) is 32.2 Å². The summed E-state index contributed by atoms with van der Waals surface area (Å²) in [5.74, 6) is 0.126. The van der Waals surface area contributed by atoms with Crippen LogP contribution < -0.4 is 0 Å². The molecule has 2 rings (SSSR count). The number of carbonyl (C=O) groups excluding carboxylic acids is 1. The Morgan fingerprint density at radius 3 is 2.58 bits per heavy atom. The van der Waals surface area contributed by atoms with Crippen LogP contribution in [0.2, 0.25) is 0 Å². The van der Waals surface area contributed by atoms with Crippen molar-refractivity contribution in [3.63, 3.8) is 0 Å². The van der Waals surface area contributed by atoms with Crippen LogP contribution in [-0.4, -0.2) is 49.4 Å². The van der Waals surface area contributed by atoms with E-state index in [2.05, 4.69) is 6.92 Å². The van der Waals surface area contributed by atoms with Crippen molar-refractivity contribution < 1.29 is 17.6 Å². The third-order valence-electron chi connectivity index (χ3n) is 4.33. The van der Waals surface area contributed by atoms with Gasteiger partial charge in [-0.3, -0.25) is 4.79 Å². The van der Waals surface area contributed by atoms with Crippen molar-refractivity contribution in [2.75, 3.05) is 25.9 Å². The summed E-state index contributed by atoms with van der Waals surface area (Å²) in [4.78, 5) is 14.2. The summed E-state index contributed by atoms with van der Waals surface area (Å²) in [6.07, 6.45) is 3.42. The van der Waals surface area contributed by atoms with Gasteiger partial charge >= 0.3 is 0 Å². The molecule has 1 unspecified atom stereocenters. The molecule has 1 aromatic carbocycles. The van der Waals surface area contributed by atoms with Gasteiger partial charge in [-0.15, -0.1) is 0 Å². The Hall–Kier alpha value is -1.47. The van der Waals surface area contributed by atoms with E-state index in [9.17, 15) is 17.6 Å². The van der Waals surface area contributed by atoms with Crippen LogP contribution in [0, 0.1) is 11.7 Å². The Labute approximate surface area is 143 Å². The van der Waals surface area contributed by atoms with Gasteiger partial charge in [-0.05, 0) is 36.5 Å². The molecule has 0 N–H and O–H groups in total. The fourth-order valence-corrected chi connectivity index (χ4v) is 3.76. The average Bonchev–Trinajstić information content (AvgIpc) is 2.51. The Morgan fingerprint density at radius 2 is 2.00 bits per heavy atom. The predicted molar refractivity (Wildman–Crippen MR) is 91.2 cm³/mol. The first-order valence-corrected chi connectivity index (χ1v) is 10.1. The Bertz CT molecular complexity index is 661. The number of amides is 1. The van der Waals surface area contributed by atoms with E-state index < -0.39 is 10.0 Å². The van der Waals surface area contributed by atoms with E-state index in [4.69, 9.17) is 0 Å². The molecule has 5 nitrogen and oxygen atoms in total. The van der Waals surface area contributed by atoms with E-state index in [1.807, 2.05) is 4.90 Å². The number of hydrogen-bond acceptors (Lipinski definition) is 3. The molecule has 1 aliphatic rings. The molecular weight excluding hydrogens is 331 g/mol. The van der Waals surface area contributed by atoms with Gasteiger partial charge in [-0.1, -0.05) is 19.1 Å². The van der Waals surface area contributed by atoms with Gasteiger partial charge in [0.25, 0.3) is 0 Å². The van der Waals surface area contributed by atoms with Gasteiger partial charge in [-0.2, -0.15) is 4.31 Å². The van der Waals surface area contributed by atoms with Gasteiger partial charge in [-0.25, -0.2) is 12.8 Å². The number of likely N-dealkylation sites (tertiary alicyclic amines) is 1. The monoisotopic (exact) mass is 356 g/mol. The predicted octanol–water partition coefficient (Wildman–Crippen LogP) is 2.24. The van der Waals surface area contributed by atoms with Crippen LogP contribution in [0.25, 0.3) is 0 Å². The third kappa shape index (κ3) is 5.56. The summed E-state index contributed by atoms with van der Waals surface area (Å²) < 4.78 is 38.2. The van der Waals surface area contributed by atoms with Crippen molar-refractivity contribution in [2.45, 2.75) is 32.7 Å². The van der Waals surface area contributed by atoms with E-state index in [1.165, 1.54) is 16.4 Å². The highest BCUT2D eigenvalue weighted by Gasteiger charge is 2.23. The minimum absolute atomic E-state index is 0.00527. The Kier molecular flexibility index (Phi) is 6.34. The van der Waals surface area contributed by atoms with Crippen molar-refractivity contribution in [1.82, 2.24) is 9.21 Å². The molecule has 0 radical (unpaired) electrons. The van der Waals surface area contributed by atoms with Crippen LogP contribution in [0.3, 0.4) is 0 Å². The lowest BCUT2D eigenvalue weighted by Gasteiger charge is -2.31. The number of sulfonamides is 1. The van der Waals surface area contributed by atoms with E-state index >= 15 is 0 Å². The van der Waals surface area contributed by atoms with Crippen LogP contribution in [0.15, 0.2) is 24.3 Å². The molecule has 0 bridgehead atoms. The lowest BCUT2D eigenvalue weighted by molar-refractivity contribution is -0.133. The van der Waals surface area contributed by atoms with Crippen molar-refractivity contribution in [1.29, 1.82) is 0 Å². The Balaban J connectivity index is 1.96. The summed E-state index contributed by atoms with van der Waals surface area (Å²) in [5, 5.41) is 0. The van der Waals surface area contributed by atoms with Crippen LogP contribution >= 0.6 is 0 Å². The fourth-order valence-electron chi connectivity index (χ4n) is 2.95. The molecule has 0 spiro atoms. The average molecular weight is 356 g/mol. The van der Waals surface area contributed by atoms with Gasteiger partial charge in [0.15, 0.2) is 0 Å². The van der Waals surface area contributed by atoms with Crippen molar-refractivity contribution >= 4 is 15.9 Å². The molecule has 24 heavy (non-hydrogen) atoms. The topological polar surface area (TPSA) is 57.7 Å². The smallest absolute Gasteiger partial charge is 0.223 e. The zero-order valence-electron chi connectivity index (χ0n) is 14.2. The number of nitrogens with zero attached hydrogens (tertiary/aromatic N) is 2.